The molecule has 2 rings (SSSR count). The SMILES string of the molecule is N#Cc1c(N)nc(N)nc1-c1ccc(OC(F)(F)F)c([N+](=O)[O-])c1. The second-order valence-corrected chi connectivity index (χ2v) is 4.29. The van der Waals surface area contributed by atoms with Crippen LogP contribution in [0.25, 0.3) is 11.3 Å². The van der Waals surface area contributed by atoms with Gasteiger partial charge in [-0.25, -0.2) is 4.98 Å². The summed E-state index contributed by atoms with van der Waals surface area (Å²) in [7, 11) is 0. The summed E-state index contributed by atoms with van der Waals surface area (Å²) in [6.45, 7) is 0. The summed E-state index contributed by atoms with van der Waals surface area (Å²) in [5.74, 6) is -1.58. The minimum absolute atomic E-state index is 0.0476. The second-order valence-electron chi connectivity index (χ2n) is 4.29. The summed E-state index contributed by atoms with van der Waals surface area (Å²) in [6, 6.07) is 4.26. The number of ether oxygens (including phenoxy) is 1. The Bertz CT molecular complexity index is 862. The number of benzene rings is 1. The molecule has 0 atom stereocenters. The fraction of sp³-hybridized carbons (Fsp3) is 0.0833. The van der Waals surface area contributed by atoms with E-state index >= 15 is 0 Å². The maximum Gasteiger partial charge on any atom is 0.573 e. The molecule has 2 aromatic rings. The molecule has 0 saturated heterocycles. The average Bonchev–Trinajstić information content (AvgIpc) is 2.45. The zero-order chi connectivity index (χ0) is 18.1. The molecule has 124 valence electrons. The minimum Gasteiger partial charge on any atom is -0.398 e. The van der Waals surface area contributed by atoms with Crippen molar-refractivity contribution in [3.05, 3.63) is 33.9 Å². The van der Waals surface area contributed by atoms with Gasteiger partial charge >= 0.3 is 12.0 Å². The topological polar surface area (TPSA) is 154 Å². The smallest absolute Gasteiger partial charge is 0.398 e. The Morgan fingerprint density at radius 1 is 1.29 bits per heavy atom. The monoisotopic (exact) mass is 340 g/mol. The zero-order valence-electron chi connectivity index (χ0n) is 11.5. The molecule has 4 N–H and O–H groups in total. The number of nitriles is 1. The normalized spacial score (nSPS) is 10.9. The molecule has 0 bridgehead atoms. The van der Waals surface area contributed by atoms with Crippen LogP contribution in [0.2, 0.25) is 0 Å². The van der Waals surface area contributed by atoms with E-state index in [2.05, 4.69) is 14.7 Å². The van der Waals surface area contributed by atoms with Gasteiger partial charge in [-0.1, -0.05) is 0 Å². The highest BCUT2D eigenvalue weighted by atomic mass is 19.4. The number of nitrogen functional groups attached to an aromatic ring is 2. The van der Waals surface area contributed by atoms with Crippen LogP contribution in [0.4, 0.5) is 30.6 Å². The summed E-state index contributed by atoms with van der Waals surface area (Å²) in [6.07, 6.45) is -5.10. The number of nitrogens with two attached hydrogens (primary N) is 2. The van der Waals surface area contributed by atoms with Gasteiger partial charge in [-0.3, -0.25) is 10.1 Å². The van der Waals surface area contributed by atoms with Gasteiger partial charge in [-0.05, 0) is 12.1 Å². The van der Waals surface area contributed by atoms with E-state index in [0.29, 0.717) is 0 Å². The third kappa shape index (κ3) is 3.40. The number of anilines is 2. The summed E-state index contributed by atoms with van der Waals surface area (Å²) in [4.78, 5) is 17.3. The Kier molecular flexibility index (Phi) is 4.10. The van der Waals surface area contributed by atoms with Crippen molar-refractivity contribution in [2.24, 2.45) is 0 Å². The molecule has 0 aliphatic heterocycles. The molecular formula is C12H7F3N6O3. The molecule has 12 heteroatoms. The Labute approximate surface area is 131 Å². The lowest BCUT2D eigenvalue weighted by atomic mass is 10.1. The second kappa shape index (κ2) is 5.88. The third-order valence-corrected chi connectivity index (χ3v) is 2.72. The summed E-state index contributed by atoms with van der Waals surface area (Å²) < 4.78 is 40.5. The van der Waals surface area contributed by atoms with Gasteiger partial charge in [0.05, 0.1) is 10.6 Å². The molecule has 1 aromatic heterocycles. The molecule has 0 amide bonds. The number of rotatable bonds is 3. The first-order valence-corrected chi connectivity index (χ1v) is 6.00. The quantitative estimate of drug-likeness (QED) is 0.635. The Hall–Kier alpha value is -3.62. The Balaban J connectivity index is 2.65. The zero-order valence-corrected chi connectivity index (χ0v) is 11.5. The van der Waals surface area contributed by atoms with E-state index in [1.165, 1.54) is 0 Å². The van der Waals surface area contributed by atoms with Crippen LogP contribution in [0.15, 0.2) is 18.2 Å². The summed E-state index contributed by atoms with van der Waals surface area (Å²) in [5.41, 5.74) is 9.55. The highest BCUT2D eigenvalue weighted by Crippen LogP contribution is 2.36. The van der Waals surface area contributed by atoms with Crippen molar-refractivity contribution >= 4 is 17.5 Å². The molecule has 0 aliphatic carbocycles. The van der Waals surface area contributed by atoms with Gasteiger partial charge in [0.1, 0.15) is 17.5 Å². The first-order chi connectivity index (χ1) is 11.1. The van der Waals surface area contributed by atoms with Crippen LogP contribution in [0.5, 0.6) is 5.75 Å². The van der Waals surface area contributed by atoms with Gasteiger partial charge in [0.2, 0.25) is 11.7 Å². The van der Waals surface area contributed by atoms with Crippen molar-refractivity contribution in [1.82, 2.24) is 9.97 Å². The Morgan fingerprint density at radius 2 is 1.96 bits per heavy atom. The average molecular weight is 340 g/mol. The van der Waals surface area contributed by atoms with Gasteiger partial charge in [0, 0.05) is 11.6 Å². The van der Waals surface area contributed by atoms with Crippen molar-refractivity contribution in [1.29, 1.82) is 5.26 Å². The number of aromatic nitrogens is 2. The molecule has 1 heterocycles. The lowest BCUT2D eigenvalue weighted by Gasteiger charge is -2.11. The third-order valence-electron chi connectivity index (χ3n) is 2.72. The van der Waals surface area contributed by atoms with Gasteiger partial charge in [-0.2, -0.15) is 10.2 Å². The van der Waals surface area contributed by atoms with Crippen LogP contribution >= 0.6 is 0 Å². The molecule has 0 aliphatic rings. The van der Waals surface area contributed by atoms with E-state index in [0.717, 1.165) is 18.2 Å². The van der Waals surface area contributed by atoms with E-state index < -0.39 is 22.7 Å². The van der Waals surface area contributed by atoms with Crippen molar-refractivity contribution in [2.75, 3.05) is 11.5 Å². The molecule has 24 heavy (non-hydrogen) atoms. The first-order valence-electron chi connectivity index (χ1n) is 6.00. The minimum atomic E-state index is -5.10. The van der Waals surface area contributed by atoms with Gasteiger partial charge in [-0.15, -0.1) is 13.2 Å². The van der Waals surface area contributed by atoms with Crippen LogP contribution in [0.3, 0.4) is 0 Å². The predicted molar refractivity (Wildman–Crippen MR) is 74.3 cm³/mol. The van der Waals surface area contributed by atoms with Crippen LogP contribution < -0.4 is 16.2 Å². The number of alkyl halides is 3. The molecule has 0 unspecified atom stereocenters. The van der Waals surface area contributed by atoms with Crippen LogP contribution in [0, 0.1) is 21.4 Å². The van der Waals surface area contributed by atoms with E-state index in [1.807, 2.05) is 0 Å². The maximum absolute atomic E-state index is 12.3. The number of nitro benzene ring substituents is 1. The largest absolute Gasteiger partial charge is 0.573 e. The molecule has 9 nitrogen and oxygen atoms in total. The predicted octanol–water partition coefficient (Wildman–Crippen LogP) is 1.99. The highest BCUT2D eigenvalue weighted by molar-refractivity contribution is 5.75. The van der Waals surface area contributed by atoms with E-state index in [4.69, 9.17) is 16.7 Å². The lowest BCUT2D eigenvalue weighted by molar-refractivity contribution is -0.388. The van der Waals surface area contributed by atoms with E-state index in [9.17, 15) is 23.3 Å². The van der Waals surface area contributed by atoms with Gasteiger partial charge in [0.15, 0.2) is 0 Å². The lowest BCUT2D eigenvalue weighted by Crippen LogP contribution is -2.18. The maximum atomic E-state index is 12.3. The summed E-state index contributed by atoms with van der Waals surface area (Å²) in [5, 5.41) is 20.1. The highest BCUT2D eigenvalue weighted by Gasteiger charge is 2.34. The van der Waals surface area contributed by atoms with Crippen molar-refractivity contribution in [3.8, 4) is 23.1 Å². The number of halogens is 3. The number of hydrogen-bond donors (Lipinski definition) is 2. The number of hydrogen-bond acceptors (Lipinski definition) is 8. The standard InChI is InChI=1S/C12H7F3N6O3/c13-12(14,15)24-8-2-1-5(3-7(8)21(22)23)9-6(4-16)10(17)20-11(18)19-9/h1-3H,(H4,17,18,19,20). The van der Waals surface area contributed by atoms with Crippen LogP contribution in [-0.4, -0.2) is 21.3 Å². The van der Waals surface area contributed by atoms with E-state index in [-0.39, 0.29) is 28.6 Å². The molecule has 0 spiro atoms. The Morgan fingerprint density at radius 3 is 2.50 bits per heavy atom. The molecule has 0 radical (unpaired) electrons. The molecule has 1 aromatic carbocycles. The van der Waals surface area contributed by atoms with Crippen LogP contribution in [0.1, 0.15) is 5.56 Å². The number of nitrogens with zero attached hydrogens (tertiary/aromatic N) is 4. The van der Waals surface area contributed by atoms with Crippen molar-refractivity contribution in [2.45, 2.75) is 6.36 Å². The van der Waals surface area contributed by atoms with E-state index in [1.54, 1.807) is 6.07 Å². The fourth-order valence-corrected chi connectivity index (χ4v) is 1.83. The molecular weight excluding hydrogens is 333 g/mol. The number of nitro groups is 1. The molecule has 0 saturated carbocycles. The van der Waals surface area contributed by atoms with Gasteiger partial charge < -0.3 is 16.2 Å². The fourth-order valence-electron chi connectivity index (χ4n) is 1.83. The van der Waals surface area contributed by atoms with Crippen molar-refractivity contribution < 1.29 is 22.8 Å². The van der Waals surface area contributed by atoms with Crippen LogP contribution in [-0.2, 0) is 0 Å². The van der Waals surface area contributed by atoms with Gasteiger partial charge in [0.25, 0.3) is 0 Å². The first kappa shape index (κ1) is 16.7. The van der Waals surface area contributed by atoms with Crippen molar-refractivity contribution in [3.63, 3.8) is 0 Å². The summed E-state index contributed by atoms with van der Waals surface area (Å²) >= 11 is 0. The molecule has 0 fully saturated rings.